The Balaban J connectivity index is 2.19. The number of allylic oxidation sites excluding steroid dienone is 4. The second kappa shape index (κ2) is 48.3. The fraction of sp³-hybridized carbons (Fsp3) is 0.914. The first kappa shape index (κ1) is 63.7. The fourth-order valence-electron chi connectivity index (χ4n) is 9.45. The van der Waals surface area contributed by atoms with E-state index in [1.165, 1.54) is 212 Å². The van der Waals surface area contributed by atoms with Crippen molar-refractivity contribution in [1.82, 2.24) is 5.32 Å². The number of aliphatic hydroxyl groups excluding tert-OH is 5. The Kier molecular flexibility index (Phi) is 45.9. The summed E-state index contributed by atoms with van der Waals surface area (Å²) in [6.07, 6.45) is 53.4. The number of unbranched alkanes of at least 4 members (excludes halogenated alkanes) is 37. The van der Waals surface area contributed by atoms with Crippen LogP contribution in [-0.4, -0.2) is 87.5 Å². The Morgan fingerprint density at radius 3 is 1.28 bits per heavy atom. The molecule has 1 amide bonds. The van der Waals surface area contributed by atoms with Gasteiger partial charge < -0.3 is 40.3 Å². The molecular weight excluding hydrogens is 839 g/mol. The molecule has 7 atom stereocenters. The van der Waals surface area contributed by atoms with Gasteiger partial charge in [-0.05, 0) is 38.5 Å². The summed E-state index contributed by atoms with van der Waals surface area (Å²) < 4.78 is 11.3. The van der Waals surface area contributed by atoms with E-state index in [1.807, 2.05) is 0 Å². The number of nitrogens with one attached hydrogen (secondary N) is 1. The topological polar surface area (TPSA) is 149 Å². The third-order valence-electron chi connectivity index (χ3n) is 14.1. The minimum Gasteiger partial charge on any atom is -0.394 e. The molecule has 6 N–H and O–H groups in total. The summed E-state index contributed by atoms with van der Waals surface area (Å²) in [4.78, 5) is 13.1. The van der Waals surface area contributed by atoms with E-state index in [4.69, 9.17) is 9.47 Å². The maximum absolute atomic E-state index is 13.1. The number of carbonyl (C=O) groups excluding carboxylic acids is 1. The molecule has 9 heteroatoms. The van der Waals surface area contributed by atoms with Crippen molar-refractivity contribution in [3.8, 4) is 0 Å². The molecule has 1 aliphatic rings. The lowest BCUT2D eigenvalue weighted by Crippen LogP contribution is -2.60. The first-order valence-corrected chi connectivity index (χ1v) is 29.1. The number of carbonyl (C=O) groups is 1. The molecule has 0 spiro atoms. The molecule has 0 aliphatic carbocycles. The van der Waals surface area contributed by atoms with Gasteiger partial charge in [0, 0.05) is 6.42 Å². The highest BCUT2D eigenvalue weighted by molar-refractivity contribution is 5.76. The molecule has 1 rings (SSSR count). The van der Waals surface area contributed by atoms with Crippen molar-refractivity contribution >= 4 is 5.91 Å². The van der Waals surface area contributed by atoms with Crippen LogP contribution in [0.2, 0.25) is 0 Å². The first-order valence-electron chi connectivity index (χ1n) is 29.1. The van der Waals surface area contributed by atoms with Crippen LogP contribution in [0.3, 0.4) is 0 Å². The van der Waals surface area contributed by atoms with Gasteiger partial charge in [0.2, 0.25) is 5.91 Å². The van der Waals surface area contributed by atoms with E-state index >= 15 is 0 Å². The summed E-state index contributed by atoms with van der Waals surface area (Å²) in [6, 6.07) is -0.720. The van der Waals surface area contributed by atoms with Crippen LogP contribution in [0.5, 0.6) is 0 Å². The zero-order chi connectivity index (χ0) is 48.7. The van der Waals surface area contributed by atoms with Crippen LogP contribution in [-0.2, 0) is 14.3 Å². The average Bonchev–Trinajstić information content (AvgIpc) is 3.33. The van der Waals surface area contributed by atoms with Gasteiger partial charge in [0.15, 0.2) is 6.29 Å². The van der Waals surface area contributed by atoms with Gasteiger partial charge in [-0.2, -0.15) is 0 Å². The third kappa shape index (κ3) is 38.1. The molecule has 396 valence electrons. The Labute approximate surface area is 413 Å². The maximum Gasteiger partial charge on any atom is 0.220 e. The summed E-state index contributed by atoms with van der Waals surface area (Å²) in [7, 11) is 0. The minimum atomic E-state index is -1.55. The largest absolute Gasteiger partial charge is 0.394 e. The summed E-state index contributed by atoms with van der Waals surface area (Å²) in [5.74, 6) is -0.144. The van der Waals surface area contributed by atoms with Crippen molar-refractivity contribution in [3.05, 3.63) is 24.3 Å². The van der Waals surface area contributed by atoms with Gasteiger partial charge in [-0.1, -0.05) is 263 Å². The lowest BCUT2D eigenvalue weighted by molar-refractivity contribution is -0.302. The average molecular weight is 951 g/mol. The van der Waals surface area contributed by atoms with E-state index in [0.717, 1.165) is 44.9 Å². The summed E-state index contributed by atoms with van der Waals surface area (Å²) in [5.41, 5.74) is 0. The molecule has 0 aromatic heterocycles. The van der Waals surface area contributed by atoms with Crippen LogP contribution in [0.4, 0.5) is 0 Å². The van der Waals surface area contributed by atoms with Crippen molar-refractivity contribution in [3.63, 3.8) is 0 Å². The number of aliphatic hydroxyl groups is 5. The first-order chi connectivity index (χ1) is 32.8. The van der Waals surface area contributed by atoms with Gasteiger partial charge in [0.05, 0.1) is 25.4 Å². The lowest BCUT2D eigenvalue weighted by atomic mass is 9.99. The summed E-state index contributed by atoms with van der Waals surface area (Å²) in [6.45, 7) is 3.84. The predicted octanol–water partition coefficient (Wildman–Crippen LogP) is 14.2. The van der Waals surface area contributed by atoms with Crippen LogP contribution in [0.25, 0.3) is 0 Å². The Bertz CT molecular complexity index is 1100. The molecule has 0 bridgehead atoms. The van der Waals surface area contributed by atoms with E-state index in [-0.39, 0.29) is 12.5 Å². The van der Waals surface area contributed by atoms with E-state index in [9.17, 15) is 30.3 Å². The van der Waals surface area contributed by atoms with Gasteiger partial charge in [-0.25, -0.2) is 0 Å². The number of rotatable bonds is 50. The van der Waals surface area contributed by atoms with E-state index in [0.29, 0.717) is 12.8 Å². The van der Waals surface area contributed by atoms with E-state index < -0.39 is 49.5 Å². The number of ether oxygens (including phenoxy) is 2. The van der Waals surface area contributed by atoms with Gasteiger partial charge in [-0.15, -0.1) is 0 Å². The Morgan fingerprint density at radius 2 is 0.866 bits per heavy atom. The normalized spacial score (nSPS) is 19.8. The van der Waals surface area contributed by atoms with Crippen LogP contribution in [0, 0.1) is 0 Å². The van der Waals surface area contributed by atoms with Crippen LogP contribution in [0.15, 0.2) is 24.3 Å². The summed E-state index contributed by atoms with van der Waals surface area (Å²) >= 11 is 0. The second-order valence-corrected chi connectivity index (χ2v) is 20.5. The molecule has 1 saturated heterocycles. The molecule has 1 heterocycles. The van der Waals surface area contributed by atoms with Crippen molar-refractivity contribution in [1.29, 1.82) is 0 Å². The molecule has 0 saturated carbocycles. The predicted molar refractivity (Wildman–Crippen MR) is 281 cm³/mol. The van der Waals surface area contributed by atoms with Crippen molar-refractivity contribution in [2.45, 2.75) is 326 Å². The van der Waals surface area contributed by atoms with E-state index in [1.54, 1.807) is 0 Å². The second-order valence-electron chi connectivity index (χ2n) is 20.5. The highest BCUT2D eigenvalue weighted by Crippen LogP contribution is 2.23. The standard InChI is InChI=1S/C58H111NO8/c1-3-5-7-9-11-13-15-17-19-21-23-24-25-26-27-28-30-31-33-35-37-39-41-43-45-47-52(61)51(50-66-58-57(65)56(64)55(63)53(49-60)67-58)59-54(62)48-46-44-42-40-38-36-34-32-29-22-20-18-16-14-12-10-8-6-4-2/h12,14,16,18,51-53,55-58,60-61,63-65H,3-11,13,15,17,19-50H2,1-2H3,(H,59,62)/b14-12-,18-16-. The number of amides is 1. The Hall–Kier alpha value is -1.33. The molecule has 7 unspecified atom stereocenters. The lowest BCUT2D eigenvalue weighted by Gasteiger charge is -2.40. The smallest absolute Gasteiger partial charge is 0.220 e. The van der Waals surface area contributed by atoms with Gasteiger partial charge >= 0.3 is 0 Å². The highest BCUT2D eigenvalue weighted by Gasteiger charge is 2.44. The van der Waals surface area contributed by atoms with Crippen LogP contribution >= 0.6 is 0 Å². The summed E-state index contributed by atoms with van der Waals surface area (Å²) in [5, 5.41) is 54.7. The molecule has 67 heavy (non-hydrogen) atoms. The number of hydrogen-bond acceptors (Lipinski definition) is 8. The quantitative estimate of drug-likeness (QED) is 0.0261. The van der Waals surface area contributed by atoms with Crippen LogP contribution < -0.4 is 5.32 Å². The Morgan fingerprint density at radius 1 is 0.507 bits per heavy atom. The molecule has 1 aliphatic heterocycles. The maximum atomic E-state index is 13.1. The zero-order valence-corrected chi connectivity index (χ0v) is 43.9. The molecule has 0 radical (unpaired) electrons. The van der Waals surface area contributed by atoms with Crippen LogP contribution in [0.1, 0.15) is 284 Å². The molecule has 1 fully saturated rings. The highest BCUT2D eigenvalue weighted by atomic mass is 16.7. The minimum absolute atomic E-state index is 0.137. The van der Waals surface area contributed by atoms with Crippen molar-refractivity contribution < 1.29 is 39.8 Å². The van der Waals surface area contributed by atoms with Gasteiger partial charge in [-0.3, -0.25) is 4.79 Å². The fourth-order valence-corrected chi connectivity index (χ4v) is 9.45. The monoisotopic (exact) mass is 950 g/mol. The van der Waals surface area contributed by atoms with E-state index in [2.05, 4.69) is 43.5 Å². The van der Waals surface area contributed by atoms with Gasteiger partial charge in [0.1, 0.15) is 24.4 Å². The van der Waals surface area contributed by atoms with Crippen molar-refractivity contribution in [2.75, 3.05) is 13.2 Å². The van der Waals surface area contributed by atoms with Crippen molar-refractivity contribution in [2.24, 2.45) is 0 Å². The third-order valence-corrected chi connectivity index (χ3v) is 14.1. The molecule has 0 aromatic carbocycles. The number of hydrogen-bond donors (Lipinski definition) is 6. The van der Waals surface area contributed by atoms with Gasteiger partial charge in [0.25, 0.3) is 0 Å². The molecular formula is C58H111NO8. The molecule has 9 nitrogen and oxygen atoms in total. The molecule has 0 aromatic rings. The SMILES string of the molecule is CCCCC/C=C\C=C/CCCCCCCCCCCCC(=O)NC(COC1OC(CO)C(O)C(O)C1O)C(O)CCCCCCCCCCCCCCCCCCCCCCCCCCC. The zero-order valence-electron chi connectivity index (χ0n) is 43.9.